The minimum absolute atomic E-state index is 0.359. The Hall–Kier alpha value is -1.05. The lowest BCUT2D eigenvalue weighted by atomic mass is 10.3. The van der Waals surface area contributed by atoms with Gasteiger partial charge in [0, 0.05) is 5.71 Å². The molecule has 0 unspecified atom stereocenters. The standard InChI is InChI=1S/C8H14N2/c1-4-5-6-7(2)10-8(3)9/h5-6H,3-4,9H2,1-2H3/b6-5-,10-7-. The van der Waals surface area contributed by atoms with Gasteiger partial charge < -0.3 is 5.73 Å². The predicted molar refractivity (Wildman–Crippen MR) is 45.9 cm³/mol. The van der Waals surface area contributed by atoms with Crippen LogP contribution in [-0.2, 0) is 0 Å². The first-order valence-electron chi connectivity index (χ1n) is 3.33. The zero-order chi connectivity index (χ0) is 7.98. The van der Waals surface area contributed by atoms with Crippen LogP contribution < -0.4 is 5.73 Å². The molecule has 0 fully saturated rings. The lowest BCUT2D eigenvalue weighted by Crippen LogP contribution is -1.94. The molecule has 0 bridgehead atoms. The first-order valence-corrected chi connectivity index (χ1v) is 3.33. The average molecular weight is 138 g/mol. The Balaban J connectivity index is 3.94. The second-order valence-electron chi connectivity index (χ2n) is 2.06. The Kier molecular flexibility index (Phi) is 4.29. The summed E-state index contributed by atoms with van der Waals surface area (Å²) in [7, 11) is 0. The maximum Gasteiger partial charge on any atom is 0.116 e. The van der Waals surface area contributed by atoms with Crippen LogP contribution in [0.1, 0.15) is 20.3 Å². The molecule has 0 spiro atoms. The third-order valence-corrected chi connectivity index (χ3v) is 0.915. The molecule has 0 aromatic heterocycles. The summed E-state index contributed by atoms with van der Waals surface area (Å²) in [5.74, 6) is 0.359. The molecule has 0 aliphatic carbocycles. The van der Waals surface area contributed by atoms with Crippen LogP contribution >= 0.6 is 0 Å². The molecule has 10 heavy (non-hydrogen) atoms. The van der Waals surface area contributed by atoms with Gasteiger partial charge in [-0.25, -0.2) is 4.99 Å². The summed E-state index contributed by atoms with van der Waals surface area (Å²) in [5, 5.41) is 0. The molecule has 0 amide bonds. The highest BCUT2D eigenvalue weighted by Crippen LogP contribution is 1.87. The van der Waals surface area contributed by atoms with Crippen LogP contribution in [0.15, 0.2) is 29.5 Å². The van der Waals surface area contributed by atoms with Gasteiger partial charge >= 0.3 is 0 Å². The van der Waals surface area contributed by atoms with E-state index in [1.807, 2.05) is 19.1 Å². The van der Waals surface area contributed by atoms with Crippen molar-refractivity contribution < 1.29 is 0 Å². The van der Waals surface area contributed by atoms with Crippen LogP contribution in [0.5, 0.6) is 0 Å². The zero-order valence-electron chi connectivity index (χ0n) is 6.59. The second-order valence-corrected chi connectivity index (χ2v) is 2.06. The number of nitrogens with zero attached hydrogens (tertiary/aromatic N) is 1. The van der Waals surface area contributed by atoms with Crippen LogP contribution in [0, 0.1) is 0 Å². The normalized spacial score (nSPS) is 12.4. The Labute approximate surface area is 62.1 Å². The van der Waals surface area contributed by atoms with E-state index in [0.717, 1.165) is 12.1 Å². The third kappa shape index (κ3) is 5.09. The smallest absolute Gasteiger partial charge is 0.116 e. The summed E-state index contributed by atoms with van der Waals surface area (Å²) < 4.78 is 0. The van der Waals surface area contributed by atoms with Gasteiger partial charge in [0.1, 0.15) is 5.82 Å². The number of nitrogens with two attached hydrogens (primary N) is 1. The van der Waals surface area contributed by atoms with E-state index in [1.54, 1.807) is 0 Å². The summed E-state index contributed by atoms with van der Waals surface area (Å²) in [6.45, 7) is 7.42. The maximum absolute atomic E-state index is 5.25. The summed E-state index contributed by atoms with van der Waals surface area (Å²) in [5.41, 5.74) is 6.15. The quantitative estimate of drug-likeness (QED) is 0.594. The van der Waals surface area contributed by atoms with Crippen molar-refractivity contribution in [3.05, 3.63) is 24.6 Å². The van der Waals surface area contributed by atoms with Crippen molar-refractivity contribution in [2.24, 2.45) is 10.7 Å². The van der Waals surface area contributed by atoms with Crippen LogP contribution in [0.4, 0.5) is 0 Å². The van der Waals surface area contributed by atoms with E-state index in [1.165, 1.54) is 0 Å². The first kappa shape index (κ1) is 8.95. The number of aliphatic imine (C=N–C) groups is 1. The Morgan fingerprint density at radius 1 is 1.70 bits per heavy atom. The van der Waals surface area contributed by atoms with Gasteiger partial charge in [-0.2, -0.15) is 0 Å². The Morgan fingerprint density at radius 2 is 2.30 bits per heavy atom. The van der Waals surface area contributed by atoms with Gasteiger partial charge in [0.15, 0.2) is 0 Å². The third-order valence-electron chi connectivity index (χ3n) is 0.915. The lowest BCUT2D eigenvalue weighted by molar-refractivity contribution is 1.22. The van der Waals surface area contributed by atoms with E-state index in [2.05, 4.69) is 18.5 Å². The summed E-state index contributed by atoms with van der Waals surface area (Å²) in [6.07, 6.45) is 4.98. The van der Waals surface area contributed by atoms with Crippen molar-refractivity contribution in [3.63, 3.8) is 0 Å². The van der Waals surface area contributed by atoms with E-state index < -0.39 is 0 Å². The van der Waals surface area contributed by atoms with Crippen molar-refractivity contribution in [3.8, 4) is 0 Å². The molecule has 2 N–H and O–H groups in total. The molecule has 0 aliphatic rings. The average Bonchev–Trinajstić information content (AvgIpc) is 1.82. The molecule has 56 valence electrons. The van der Waals surface area contributed by atoms with E-state index in [-0.39, 0.29) is 0 Å². The molecular formula is C8H14N2. The van der Waals surface area contributed by atoms with Gasteiger partial charge in [0.05, 0.1) is 0 Å². The topological polar surface area (TPSA) is 38.4 Å². The van der Waals surface area contributed by atoms with Crippen LogP contribution in [0.25, 0.3) is 0 Å². The molecule has 0 aliphatic heterocycles. The number of rotatable bonds is 3. The highest BCUT2D eigenvalue weighted by Gasteiger charge is 1.81. The van der Waals surface area contributed by atoms with Crippen LogP contribution in [0.3, 0.4) is 0 Å². The Morgan fingerprint density at radius 3 is 2.70 bits per heavy atom. The fraction of sp³-hybridized carbons (Fsp3) is 0.375. The van der Waals surface area contributed by atoms with Crippen molar-refractivity contribution in [2.45, 2.75) is 20.3 Å². The van der Waals surface area contributed by atoms with E-state index in [4.69, 9.17) is 5.73 Å². The van der Waals surface area contributed by atoms with Crippen LogP contribution in [-0.4, -0.2) is 5.71 Å². The highest BCUT2D eigenvalue weighted by atomic mass is 14.9. The number of allylic oxidation sites excluding steroid dienone is 2. The fourth-order valence-electron chi connectivity index (χ4n) is 0.552. The molecule has 0 aromatic carbocycles. The molecule has 0 heterocycles. The lowest BCUT2D eigenvalue weighted by Gasteiger charge is -1.90. The van der Waals surface area contributed by atoms with Gasteiger partial charge in [-0.3, -0.25) is 0 Å². The second kappa shape index (κ2) is 4.79. The molecule has 0 rings (SSSR count). The highest BCUT2D eigenvalue weighted by molar-refractivity contribution is 5.93. The van der Waals surface area contributed by atoms with Gasteiger partial charge in [0.2, 0.25) is 0 Å². The predicted octanol–water partition coefficient (Wildman–Crippen LogP) is 1.84. The van der Waals surface area contributed by atoms with Gasteiger partial charge in [0.25, 0.3) is 0 Å². The van der Waals surface area contributed by atoms with Gasteiger partial charge in [-0.1, -0.05) is 19.6 Å². The molecule has 2 heteroatoms. The van der Waals surface area contributed by atoms with Gasteiger partial charge in [-0.05, 0) is 19.4 Å². The summed E-state index contributed by atoms with van der Waals surface area (Å²) >= 11 is 0. The maximum atomic E-state index is 5.25. The molecule has 0 saturated carbocycles. The number of hydrogen-bond acceptors (Lipinski definition) is 2. The molecule has 0 radical (unpaired) electrons. The molecule has 0 aromatic rings. The van der Waals surface area contributed by atoms with Gasteiger partial charge in [-0.15, -0.1) is 0 Å². The monoisotopic (exact) mass is 138 g/mol. The minimum atomic E-state index is 0.359. The molecule has 0 atom stereocenters. The summed E-state index contributed by atoms with van der Waals surface area (Å²) in [6, 6.07) is 0. The zero-order valence-corrected chi connectivity index (χ0v) is 6.59. The van der Waals surface area contributed by atoms with Crippen LogP contribution in [0.2, 0.25) is 0 Å². The number of hydrogen-bond donors (Lipinski definition) is 1. The largest absolute Gasteiger partial charge is 0.384 e. The van der Waals surface area contributed by atoms with Crippen molar-refractivity contribution in [1.29, 1.82) is 0 Å². The van der Waals surface area contributed by atoms with E-state index in [9.17, 15) is 0 Å². The van der Waals surface area contributed by atoms with E-state index in [0.29, 0.717) is 5.82 Å². The minimum Gasteiger partial charge on any atom is -0.384 e. The molecule has 2 nitrogen and oxygen atoms in total. The fourth-order valence-corrected chi connectivity index (χ4v) is 0.552. The first-order chi connectivity index (χ1) is 4.66. The van der Waals surface area contributed by atoms with E-state index >= 15 is 0 Å². The van der Waals surface area contributed by atoms with Crippen molar-refractivity contribution >= 4 is 5.71 Å². The summed E-state index contributed by atoms with van der Waals surface area (Å²) in [4.78, 5) is 3.93. The molecular weight excluding hydrogens is 124 g/mol. The van der Waals surface area contributed by atoms with Crippen molar-refractivity contribution in [2.75, 3.05) is 0 Å². The molecule has 0 saturated heterocycles. The SMILES string of the molecule is C=C(N)/N=C(C)\C=C/CC. The van der Waals surface area contributed by atoms with Crippen molar-refractivity contribution in [1.82, 2.24) is 0 Å². The Bertz CT molecular complexity index is 166.